The zero-order valence-electron chi connectivity index (χ0n) is 9.83. The quantitative estimate of drug-likeness (QED) is 0.867. The largest absolute Gasteiger partial charge is 0.496 e. The predicted molar refractivity (Wildman–Crippen MR) is 62.6 cm³/mol. The van der Waals surface area contributed by atoms with E-state index in [9.17, 15) is 9.18 Å². The standard InChI is InChI=1S/C13H16FNO2/c1-17-13-3-2-11(14)7-9(13)6-10-8-15-5-4-12(10)16/h2-3,7,10,15H,4-6,8H2,1H3. The molecule has 1 fully saturated rings. The Balaban J connectivity index is 2.16. The van der Waals surface area contributed by atoms with Crippen LogP contribution in [0.5, 0.6) is 5.75 Å². The number of Topliss-reactive ketones (excluding diaryl/α,β-unsaturated/α-hetero) is 1. The Bertz CT molecular complexity index is 420. The zero-order valence-corrected chi connectivity index (χ0v) is 9.83. The van der Waals surface area contributed by atoms with Gasteiger partial charge in [0.2, 0.25) is 0 Å². The van der Waals surface area contributed by atoms with Crippen LogP contribution < -0.4 is 10.1 Å². The van der Waals surface area contributed by atoms with Crippen molar-refractivity contribution in [3.63, 3.8) is 0 Å². The van der Waals surface area contributed by atoms with Crippen LogP contribution >= 0.6 is 0 Å². The van der Waals surface area contributed by atoms with Crippen LogP contribution in [-0.2, 0) is 11.2 Å². The molecule has 0 aromatic heterocycles. The Labute approximate surface area is 100.0 Å². The molecule has 1 unspecified atom stereocenters. The SMILES string of the molecule is COc1ccc(F)cc1CC1CNCCC1=O. The predicted octanol–water partition coefficient (Wildman–Crippen LogP) is 1.56. The van der Waals surface area contributed by atoms with Crippen molar-refractivity contribution < 1.29 is 13.9 Å². The number of ether oxygens (including phenoxy) is 1. The highest BCUT2D eigenvalue weighted by Crippen LogP contribution is 2.23. The molecule has 0 aliphatic carbocycles. The molecule has 17 heavy (non-hydrogen) atoms. The van der Waals surface area contributed by atoms with E-state index < -0.39 is 0 Å². The summed E-state index contributed by atoms with van der Waals surface area (Å²) in [6, 6.07) is 4.41. The van der Waals surface area contributed by atoms with Gasteiger partial charge in [0.15, 0.2) is 0 Å². The van der Waals surface area contributed by atoms with Gasteiger partial charge in [-0.2, -0.15) is 0 Å². The van der Waals surface area contributed by atoms with Gasteiger partial charge in [0.05, 0.1) is 7.11 Å². The number of benzene rings is 1. The molecule has 1 N–H and O–H groups in total. The maximum Gasteiger partial charge on any atom is 0.138 e. The molecular formula is C13H16FNO2. The number of carbonyl (C=O) groups is 1. The van der Waals surface area contributed by atoms with E-state index in [4.69, 9.17) is 4.74 Å². The van der Waals surface area contributed by atoms with Gasteiger partial charge in [-0.05, 0) is 30.2 Å². The summed E-state index contributed by atoms with van der Waals surface area (Å²) in [6.07, 6.45) is 1.09. The number of piperidine rings is 1. The van der Waals surface area contributed by atoms with E-state index in [1.165, 1.54) is 12.1 Å². The number of methoxy groups -OCH3 is 1. The van der Waals surface area contributed by atoms with Crippen molar-refractivity contribution in [1.82, 2.24) is 5.32 Å². The highest BCUT2D eigenvalue weighted by molar-refractivity contribution is 5.82. The van der Waals surface area contributed by atoms with Crippen molar-refractivity contribution in [3.05, 3.63) is 29.6 Å². The number of hydrogen-bond acceptors (Lipinski definition) is 3. The van der Waals surface area contributed by atoms with E-state index in [2.05, 4.69) is 5.32 Å². The van der Waals surface area contributed by atoms with Crippen LogP contribution in [0, 0.1) is 11.7 Å². The molecular weight excluding hydrogens is 221 g/mol. The lowest BCUT2D eigenvalue weighted by Gasteiger charge is -2.22. The number of carbonyl (C=O) groups excluding carboxylic acids is 1. The van der Waals surface area contributed by atoms with E-state index in [1.807, 2.05) is 0 Å². The average molecular weight is 237 g/mol. The monoisotopic (exact) mass is 237 g/mol. The topological polar surface area (TPSA) is 38.3 Å². The molecule has 0 spiro atoms. The highest BCUT2D eigenvalue weighted by atomic mass is 19.1. The average Bonchev–Trinajstić information content (AvgIpc) is 2.32. The van der Waals surface area contributed by atoms with Gasteiger partial charge in [0.1, 0.15) is 17.3 Å². The Morgan fingerprint density at radius 1 is 1.53 bits per heavy atom. The minimum Gasteiger partial charge on any atom is -0.496 e. The van der Waals surface area contributed by atoms with Gasteiger partial charge < -0.3 is 10.1 Å². The van der Waals surface area contributed by atoms with Crippen LogP contribution in [0.1, 0.15) is 12.0 Å². The molecule has 1 aromatic carbocycles. The van der Waals surface area contributed by atoms with Crippen LogP contribution in [0.3, 0.4) is 0 Å². The molecule has 0 amide bonds. The van der Waals surface area contributed by atoms with Gasteiger partial charge in [0.25, 0.3) is 0 Å². The van der Waals surface area contributed by atoms with Gasteiger partial charge in [-0.15, -0.1) is 0 Å². The number of ketones is 1. The molecule has 92 valence electrons. The first kappa shape index (κ1) is 12.0. The maximum atomic E-state index is 13.2. The van der Waals surface area contributed by atoms with E-state index in [0.717, 1.165) is 12.1 Å². The first-order valence-corrected chi connectivity index (χ1v) is 5.76. The fraction of sp³-hybridized carbons (Fsp3) is 0.462. The lowest BCUT2D eigenvalue weighted by molar-refractivity contribution is -0.123. The molecule has 1 saturated heterocycles. The molecule has 3 nitrogen and oxygen atoms in total. The van der Waals surface area contributed by atoms with Crippen molar-refractivity contribution in [2.45, 2.75) is 12.8 Å². The molecule has 1 aromatic rings. The molecule has 0 radical (unpaired) electrons. The van der Waals surface area contributed by atoms with Crippen LogP contribution in [0.4, 0.5) is 4.39 Å². The van der Waals surface area contributed by atoms with Crippen molar-refractivity contribution >= 4 is 5.78 Å². The van der Waals surface area contributed by atoms with Crippen molar-refractivity contribution in [1.29, 1.82) is 0 Å². The Morgan fingerprint density at radius 2 is 2.35 bits per heavy atom. The van der Waals surface area contributed by atoms with E-state index in [0.29, 0.717) is 25.1 Å². The third-order valence-corrected chi connectivity index (χ3v) is 3.10. The molecule has 1 aliphatic rings. The minimum absolute atomic E-state index is 0.0700. The summed E-state index contributed by atoms with van der Waals surface area (Å²) in [5.74, 6) is 0.524. The summed E-state index contributed by atoms with van der Waals surface area (Å²) in [5, 5.41) is 3.18. The molecule has 4 heteroatoms. The smallest absolute Gasteiger partial charge is 0.138 e. The van der Waals surface area contributed by atoms with Crippen LogP contribution in [0.15, 0.2) is 18.2 Å². The molecule has 1 aliphatic heterocycles. The first-order chi connectivity index (χ1) is 8.20. The number of rotatable bonds is 3. The van der Waals surface area contributed by atoms with Gasteiger partial charge in [-0.1, -0.05) is 0 Å². The molecule has 1 atom stereocenters. The first-order valence-electron chi connectivity index (χ1n) is 5.76. The highest BCUT2D eigenvalue weighted by Gasteiger charge is 2.23. The third kappa shape index (κ3) is 2.82. The fourth-order valence-corrected chi connectivity index (χ4v) is 2.16. The van der Waals surface area contributed by atoms with E-state index >= 15 is 0 Å². The summed E-state index contributed by atoms with van der Waals surface area (Å²) in [7, 11) is 1.55. The summed E-state index contributed by atoms with van der Waals surface area (Å²) in [5.41, 5.74) is 0.759. The Morgan fingerprint density at radius 3 is 3.06 bits per heavy atom. The van der Waals surface area contributed by atoms with Gasteiger partial charge in [0, 0.05) is 25.4 Å². The normalized spacial score (nSPS) is 20.4. The fourth-order valence-electron chi connectivity index (χ4n) is 2.16. The maximum absolute atomic E-state index is 13.2. The molecule has 0 bridgehead atoms. The zero-order chi connectivity index (χ0) is 12.3. The van der Waals surface area contributed by atoms with E-state index in [-0.39, 0.29) is 17.5 Å². The summed E-state index contributed by atoms with van der Waals surface area (Å²) >= 11 is 0. The van der Waals surface area contributed by atoms with E-state index in [1.54, 1.807) is 13.2 Å². The Kier molecular flexibility index (Phi) is 3.74. The van der Waals surface area contributed by atoms with Crippen LogP contribution in [0.2, 0.25) is 0 Å². The Hall–Kier alpha value is -1.42. The number of nitrogens with one attached hydrogen (secondary N) is 1. The summed E-state index contributed by atoms with van der Waals surface area (Å²) < 4.78 is 18.4. The van der Waals surface area contributed by atoms with Crippen molar-refractivity contribution in [2.75, 3.05) is 20.2 Å². The summed E-state index contributed by atoms with van der Waals surface area (Å²) in [4.78, 5) is 11.7. The lowest BCUT2D eigenvalue weighted by Crippen LogP contribution is -2.38. The second-order valence-corrected chi connectivity index (χ2v) is 4.28. The third-order valence-electron chi connectivity index (χ3n) is 3.10. The lowest BCUT2D eigenvalue weighted by atomic mass is 9.91. The van der Waals surface area contributed by atoms with Crippen LogP contribution in [0.25, 0.3) is 0 Å². The molecule has 2 rings (SSSR count). The van der Waals surface area contributed by atoms with Crippen LogP contribution in [-0.4, -0.2) is 26.0 Å². The second-order valence-electron chi connectivity index (χ2n) is 4.28. The number of hydrogen-bond donors (Lipinski definition) is 1. The summed E-state index contributed by atoms with van der Waals surface area (Å²) in [6.45, 7) is 1.41. The minimum atomic E-state index is -0.294. The van der Waals surface area contributed by atoms with Crippen molar-refractivity contribution in [3.8, 4) is 5.75 Å². The van der Waals surface area contributed by atoms with Gasteiger partial charge >= 0.3 is 0 Å². The van der Waals surface area contributed by atoms with Gasteiger partial charge in [-0.3, -0.25) is 4.79 Å². The van der Waals surface area contributed by atoms with Gasteiger partial charge in [-0.25, -0.2) is 4.39 Å². The molecule has 1 heterocycles. The molecule has 0 saturated carbocycles. The second kappa shape index (κ2) is 5.27. The number of halogens is 1. The van der Waals surface area contributed by atoms with Crippen molar-refractivity contribution in [2.24, 2.45) is 5.92 Å².